The van der Waals surface area contributed by atoms with Gasteiger partial charge in [0.1, 0.15) is 0 Å². The summed E-state index contributed by atoms with van der Waals surface area (Å²) in [5.74, 6) is -0.106. The summed E-state index contributed by atoms with van der Waals surface area (Å²) in [4.78, 5) is 13.1. The normalized spacial score (nSPS) is 22.9. The maximum Gasteiger partial charge on any atom is 0.376 e. The molecular weight excluding hydrogens is 191 g/mol. The molecule has 1 atom stereocenters. The first-order chi connectivity index (χ1) is 7.13. The molecule has 5 heteroatoms. The molecule has 2 N–H and O–H groups in total. The fraction of sp³-hybridized carbons (Fsp3) is 0.700. The monoisotopic (exact) mass is 210 g/mol. The molecule has 0 aromatic rings. The van der Waals surface area contributed by atoms with Crippen LogP contribution in [0.4, 0.5) is 0 Å². The zero-order valence-electron chi connectivity index (χ0n) is 9.28. The van der Waals surface area contributed by atoms with Crippen LogP contribution in [0.15, 0.2) is 12.7 Å². The van der Waals surface area contributed by atoms with E-state index < -0.39 is 0 Å². The molecule has 1 unspecified atom stereocenters. The number of carbonyl (C=O) groups is 1. The molecule has 0 bridgehead atoms. The zero-order chi connectivity index (χ0) is 11.3. The van der Waals surface area contributed by atoms with Gasteiger partial charge in [-0.3, -0.25) is 4.79 Å². The molecule has 1 heterocycles. The van der Waals surface area contributed by atoms with Crippen LogP contribution < -0.4 is 5.32 Å². The summed E-state index contributed by atoms with van der Waals surface area (Å²) in [6, 6.07) is 0.222. The van der Waals surface area contributed by atoms with Crippen molar-refractivity contribution >= 4 is 13.0 Å². The molecule has 1 amide bonds. The van der Waals surface area contributed by atoms with E-state index in [9.17, 15) is 9.82 Å². The fourth-order valence-corrected chi connectivity index (χ4v) is 1.90. The van der Waals surface area contributed by atoms with E-state index in [-0.39, 0.29) is 19.0 Å². The van der Waals surface area contributed by atoms with E-state index in [1.807, 2.05) is 4.81 Å². The Bertz CT molecular complexity index is 233. The van der Waals surface area contributed by atoms with E-state index in [2.05, 4.69) is 11.9 Å². The predicted molar refractivity (Wildman–Crippen MR) is 61.4 cm³/mol. The molecule has 0 radical (unpaired) electrons. The van der Waals surface area contributed by atoms with Crippen molar-refractivity contribution < 1.29 is 9.82 Å². The lowest BCUT2D eigenvalue weighted by atomic mass is 9.85. The smallest absolute Gasteiger partial charge is 0.376 e. The second-order valence-electron chi connectivity index (χ2n) is 4.01. The lowest BCUT2D eigenvalue weighted by Gasteiger charge is -2.20. The van der Waals surface area contributed by atoms with Crippen molar-refractivity contribution in [1.82, 2.24) is 10.1 Å². The van der Waals surface area contributed by atoms with Gasteiger partial charge >= 0.3 is 7.05 Å². The van der Waals surface area contributed by atoms with Crippen molar-refractivity contribution in [2.45, 2.75) is 32.1 Å². The van der Waals surface area contributed by atoms with Crippen LogP contribution in [0.5, 0.6) is 0 Å². The Morgan fingerprint density at radius 2 is 2.33 bits per heavy atom. The third kappa shape index (κ3) is 4.05. The Balaban J connectivity index is 2.38. The van der Waals surface area contributed by atoms with Gasteiger partial charge in [0, 0.05) is 6.04 Å². The molecule has 1 fully saturated rings. The first kappa shape index (κ1) is 12.3. The predicted octanol–water partition coefficient (Wildman–Crippen LogP) is 0.253. The van der Waals surface area contributed by atoms with E-state index in [0.717, 1.165) is 32.4 Å². The minimum atomic E-state index is -0.390. The Kier molecular flexibility index (Phi) is 4.85. The second kappa shape index (κ2) is 5.93. The topological polar surface area (TPSA) is 52.6 Å². The van der Waals surface area contributed by atoms with Crippen LogP contribution in [0.2, 0.25) is 6.82 Å². The molecule has 0 spiro atoms. The Morgan fingerprint density at radius 3 is 2.93 bits per heavy atom. The van der Waals surface area contributed by atoms with Crippen LogP contribution in [0.25, 0.3) is 0 Å². The van der Waals surface area contributed by atoms with Gasteiger partial charge in [-0.15, -0.1) is 0 Å². The van der Waals surface area contributed by atoms with E-state index >= 15 is 0 Å². The average Bonchev–Trinajstić information content (AvgIpc) is 2.43. The van der Waals surface area contributed by atoms with E-state index in [1.165, 1.54) is 6.08 Å². The molecule has 84 valence electrons. The molecule has 0 aliphatic carbocycles. The SMILES string of the molecule is C=CC(=O)NC1CCCN(B(C)O)CC1. The molecule has 1 rings (SSSR count). The van der Waals surface area contributed by atoms with E-state index in [1.54, 1.807) is 6.82 Å². The van der Waals surface area contributed by atoms with Crippen LogP contribution in [0, 0.1) is 0 Å². The minimum Gasteiger partial charge on any atom is -0.437 e. The maximum absolute atomic E-state index is 11.1. The van der Waals surface area contributed by atoms with Gasteiger partial charge in [-0.25, -0.2) is 0 Å². The van der Waals surface area contributed by atoms with Crippen LogP contribution in [-0.2, 0) is 4.79 Å². The van der Waals surface area contributed by atoms with Crippen LogP contribution >= 0.6 is 0 Å². The third-order valence-corrected chi connectivity index (χ3v) is 2.82. The molecule has 1 aliphatic heterocycles. The van der Waals surface area contributed by atoms with Gasteiger partial charge < -0.3 is 15.2 Å². The molecule has 1 aliphatic rings. The van der Waals surface area contributed by atoms with Gasteiger partial charge in [-0.05, 0) is 45.3 Å². The van der Waals surface area contributed by atoms with Gasteiger partial charge in [0.05, 0.1) is 0 Å². The van der Waals surface area contributed by atoms with Gasteiger partial charge in [0.2, 0.25) is 5.91 Å². The first-order valence-electron chi connectivity index (χ1n) is 5.48. The minimum absolute atomic E-state index is 0.106. The van der Waals surface area contributed by atoms with Crippen LogP contribution in [0.1, 0.15) is 19.3 Å². The standard InChI is InChI=1S/C10H19BN2O2/c1-3-10(14)12-9-5-4-7-13(8-6-9)11(2)15/h3,9,15H,1,4-8H2,2H3,(H,12,14). The summed E-state index contributed by atoms with van der Waals surface area (Å²) in [6.45, 7) is 6.94. The number of amides is 1. The highest BCUT2D eigenvalue weighted by atomic mass is 16.2. The Hall–Kier alpha value is -0.805. The largest absolute Gasteiger partial charge is 0.437 e. The van der Waals surface area contributed by atoms with Crippen molar-refractivity contribution in [1.29, 1.82) is 0 Å². The molecule has 0 saturated carbocycles. The fourth-order valence-electron chi connectivity index (χ4n) is 1.90. The zero-order valence-corrected chi connectivity index (χ0v) is 9.28. The number of nitrogens with zero attached hydrogens (tertiary/aromatic N) is 1. The van der Waals surface area contributed by atoms with Crippen molar-refractivity contribution in [3.63, 3.8) is 0 Å². The van der Waals surface area contributed by atoms with Crippen molar-refractivity contribution in [3.05, 3.63) is 12.7 Å². The molecular formula is C10H19BN2O2. The third-order valence-electron chi connectivity index (χ3n) is 2.82. The molecule has 0 aromatic heterocycles. The quantitative estimate of drug-likeness (QED) is 0.518. The Morgan fingerprint density at radius 1 is 1.60 bits per heavy atom. The van der Waals surface area contributed by atoms with Crippen molar-refractivity contribution in [3.8, 4) is 0 Å². The summed E-state index contributed by atoms with van der Waals surface area (Å²) >= 11 is 0. The summed E-state index contributed by atoms with van der Waals surface area (Å²) in [7, 11) is -0.390. The highest BCUT2D eigenvalue weighted by Crippen LogP contribution is 2.11. The summed E-state index contributed by atoms with van der Waals surface area (Å²) < 4.78 is 0. The molecule has 4 nitrogen and oxygen atoms in total. The second-order valence-corrected chi connectivity index (χ2v) is 4.01. The Labute approximate surface area is 91.5 Å². The molecule has 15 heavy (non-hydrogen) atoms. The van der Waals surface area contributed by atoms with E-state index in [0.29, 0.717) is 0 Å². The summed E-state index contributed by atoms with van der Waals surface area (Å²) in [5, 5.41) is 12.3. The highest BCUT2D eigenvalue weighted by Gasteiger charge is 2.21. The maximum atomic E-state index is 11.1. The van der Waals surface area contributed by atoms with Crippen molar-refractivity contribution in [2.75, 3.05) is 13.1 Å². The lowest BCUT2D eigenvalue weighted by molar-refractivity contribution is -0.117. The number of carbonyl (C=O) groups excluding carboxylic acids is 1. The number of nitrogens with one attached hydrogen (secondary N) is 1. The first-order valence-corrected chi connectivity index (χ1v) is 5.48. The van der Waals surface area contributed by atoms with Gasteiger partial charge in [0.25, 0.3) is 0 Å². The van der Waals surface area contributed by atoms with Gasteiger partial charge in [-0.1, -0.05) is 6.58 Å². The lowest BCUT2D eigenvalue weighted by Crippen LogP contribution is -2.39. The van der Waals surface area contributed by atoms with Crippen LogP contribution in [0.3, 0.4) is 0 Å². The van der Waals surface area contributed by atoms with Crippen molar-refractivity contribution in [2.24, 2.45) is 0 Å². The summed E-state index contributed by atoms with van der Waals surface area (Å²) in [6.07, 6.45) is 4.18. The molecule has 0 aromatic carbocycles. The average molecular weight is 210 g/mol. The van der Waals surface area contributed by atoms with Gasteiger partial charge in [-0.2, -0.15) is 0 Å². The van der Waals surface area contributed by atoms with Gasteiger partial charge in [0.15, 0.2) is 0 Å². The number of hydrogen-bond donors (Lipinski definition) is 2. The van der Waals surface area contributed by atoms with E-state index in [4.69, 9.17) is 0 Å². The molecule has 1 saturated heterocycles. The summed E-state index contributed by atoms with van der Waals surface area (Å²) in [5.41, 5.74) is 0. The highest BCUT2D eigenvalue weighted by molar-refractivity contribution is 6.45. The number of rotatable bonds is 3. The number of hydrogen-bond acceptors (Lipinski definition) is 3. The van der Waals surface area contributed by atoms with Crippen LogP contribution in [-0.4, -0.2) is 41.9 Å².